The van der Waals surface area contributed by atoms with Crippen molar-refractivity contribution in [2.45, 2.75) is 58.3 Å². The highest BCUT2D eigenvalue weighted by molar-refractivity contribution is 5.87. The number of unbranched alkanes of at least 4 members (excludes halogenated alkanes) is 6. The van der Waals surface area contributed by atoms with Gasteiger partial charge in [-0.15, -0.1) is 0 Å². The molecule has 1 rings (SSSR count). The minimum absolute atomic E-state index is 0.573. The van der Waals surface area contributed by atoms with Crippen molar-refractivity contribution in [3.8, 4) is 0 Å². The lowest BCUT2D eigenvalue weighted by molar-refractivity contribution is -0.133. The van der Waals surface area contributed by atoms with E-state index in [0.717, 1.165) is 19.5 Å². The number of carboxylic acid groups (broad SMARTS) is 1. The van der Waals surface area contributed by atoms with Crippen LogP contribution in [0.5, 0.6) is 0 Å². The molecule has 104 valence electrons. The molecule has 0 amide bonds. The average Bonchev–Trinajstić information content (AvgIpc) is 2.38. The molecule has 0 aliphatic carbocycles. The van der Waals surface area contributed by atoms with Gasteiger partial charge in [-0.25, -0.2) is 4.79 Å². The van der Waals surface area contributed by atoms with Gasteiger partial charge in [0.15, 0.2) is 0 Å². The molecule has 0 radical (unpaired) electrons. The molecule has 0 bridgehead atoms. The first-order valence-electron chi connectivity index (χ1n) is 7.38. The number of hydrogen-bond donors (Lipinski definition) is 1. The molecule has 0 aromatic carbocycles. The van der Waals surface area contributed by atoms with Gasteiger partial charge in [-0.2, -0.15) is 0 Å². The van der Waals surface area contributed by atoms with Crippen molar-refractivity contribution in [3.05, 3.63) is 11.6 Å². The van der Waals surface area contributed by atoms with Crippen LogP contribution < -0.4 is 0 Å². The first-order chi connectivity index (χ1) is 8.74. The molecule has 0 saturated heterocycles. The summed E-state index contributed by atoms with van der Waals surface area (Å²) in [5, 5.41) is 8.95. The molecule has 0 aromatic heterocycles. The third kappa shape index (κ3) is 6.20. The highest BCUT2D eigenvalue weighted by Crippen LogP contribution is 2.12. The molecule has 1 aliphatic rings. The Bertz CT molecular complexity index is 274. The predicted octanol–water partition coefficient (Wildman–Crippen LogP) is 3.45. The molecule has 0 aromatic rings. The molecule has 1 aliphatic heterocycles. The Balaban J connectivity index is 2.03. The number of carboxylic acids is 1. The number of nitrogens with zero attached hydrogens (tertiary/aromatic N) is 1. The van der Waals surface area contributed by atoms with Crippen LogP contribution in [0.2, 0.25) is 0 Å². The van der Waals surface area contributed by atoms with Gasteiger partial charge in [0.25, 0.3) is 0 Å². The summed E-state index contributed by atoms with van der Waals surface area (Å²) in [5.74, 6) is -0.751. The van der Waals surface area contributed by atoms with E-state index in [9.17, 15) is 4.79 Å². The summed E-state index contributed by atoms with van der Waals surface area (Å²) in [4.78, 5) is 13.2. The number of rotatable bonds is 9. The van der Waals surface area contributed by atoms with Crippen LogP contribution in [0.25, 0.3) is 0 Å². The normalized spacial score (nSPS) is 16.6. The Labute approximate surface area is 111 Å². The zero-order valence-electron chi connectivity index (χ0n) is 11.7. The smallest absolute Gasteiger partial charge is 0.332 e. The summed E-state index contributed by atoms with van der Waals surface area (Å²) in [6.45, 7) is 4.94. The van der Waals surface area contributed by atoms with E-state index < -0.39 is 5.97 Å². The monoisotopic (exact) mass is 253 g/mol. The second kappa shape index (κ2) is 9.15. The first-order valence-corrected chi connectivity index (χ1v) is 7.38. The zero-order valence-corrected chi connectivity index (χ0v) is 11.7. The molecule has 3 heteroatoms. The van der Waals surface area contributed by atoms with Crippen LogP contribution in [0, 0.1) is 0 Å². The molecular weight excluding hydrogens is 226 g/mol. The lowest BCUT2D eigenvalue weighted by atomic mass is 10.1. The summed E-state index contributed by atoms with van der Waals surface area (Å²) < 4.78 is 0. The maximum atomic E-state index is 10.9. The molecule has 0 spiro atoms. The standard InChI is InChI=1S/C15H27NO2/c1-2-3-4-5-6-7-8-11-16-12-9-10-14(13-16)15(17)18/h10H,2-9,11-13H2,1H3,(H,17,18). The van der Waals surface area contributed by atoms with Gasteiger partial charge in [0.1, 0.15) is 0 Å². The second-order valence-electron chi connectivity index (χ2n) is 5.22. The van der Waals surface area contributed by atoms with Gasteiger partial charge in [0, 0.05) is 18.7 Å². The average molecular weight is 253 g/mol. The van der Waals surface area contributed by atoms with E-state index in [1.54, 1.807) is 0 Å². The molecular formula is C15H27NO2. The summed E-state index contributed by atoms with van der Waals surface area (Å²) >= 11 is 0. The lowest BCUT2D eigenvalue weighted by Crippen LogP contribution is -2.33. The van der Waals surface area contributed by atoms with E-state index in [1.165, 1.54) is 44.9 Å². The van der Waals surface area contributed by atoms with Gasteiger partial charge in [0.05, 0.1) is 0 Å². The number of aliphatic carboxylic acids is 1. The highest BCUT2D eigenvalue weighted by atomic mass is 16.4. The molecule has 0 saturated carbocycles. The highest BCUT2D eigenvalue weighted by Gasteiger charge is 2.16. The Hall–Kier alpha value is -0.830. The fourth-order valence-corrected chi connectivity index (χ4v) is 2.44. The van der Waals surface area contributed by atoms with Gasteiger partial charge in [-0.1, -0.05) is 51.5 Å². The van der Waals surface area contributed by atoms with Crippen LogP contribution in [0.15, 0.2) is 11.6 Å². The lowest BCUT2D eigenvalue weighted by Gasteiger charge is -2.25. The van der Waals surface area contributed by atoms with E-state index in [0.29, 0.717) is 12.1 Å². The van der Waals surface area contributed by atoms with Crippen LogP contribution in [-0.4, -0.2) is 35.6 Å². The molecule has 3 nitrogen and oxygen atoms in total. The summed E-state index contributed by atoms with van der Waals surface area (Å²) in [5.41, 5.74) is 0.573. The van der Waals surface area contributed by atoms with E-state index in [1.807, 2.05) is 6.08 Å². The van der Waals surface area contributed by atoms with Gasteiger partial charge in [-0.3, -0.25) is 4.90 Å². The van der Waals surface area contributed by atoms with Crippen molar-refractivity contribution < 1.29 is 9.90 Å². The molecule has 0 atom stereocenters. The van der Waals surface area contributed by atoms with Crippen LogP contribution >= 0.6 is 0 Å². The molecule has 0 unspecified atom stereocenters. The Morgan fingerprint density at radius 2 is 1.89 bits per heavy atom. The summed E-state index contributed by atoms with van der Waals surface area (Å²) in [6.07, 6.45) is 12.0. The molecule has 1 N–H and O–H groups in total. The van der Waals surface area contributed by atoms with Crippen molar-refractivity contribution in [1.29, 1.82) is 0 Å². The number of hydrogen-bond acceptors (Lipinski definition) is 2. The van der Waals surface area contributed by atoms with Crippen molar-refractivity contribution >= 4 is 5.97 Å². The summed E-state index contributed by atoms with van der Waals surface area (Å²) in [7, 11) is 0. The van der Waals surface area contributed by atoms with Crippen LogP contribution in [-0.2, 0) is 4.79 Å². The minimum Gasteiger partial charge on any atom is -0.478 e. The van der Waals surface area contributed by atoms with Gasteiger partial charge in [-0.05, 0) is 19.4 Å². The largest absolute Gasteiger partial charge is 0.478 e. The quantitative estimate of drug-likeness (QED) is 0.640. The minimum atomic E-state index is -0.751. The van der Waals surface area contributed by atoms with Crippen molar-refractivity contribution in [3.63, 3.8) is 0 Å². The van der Waals surface area contributed by atoms with Crippen molar-refractivity contribution in [1.82, 2.24) is 4.90 Å². The van der Waals surface area contributed by atoms with Gasteiger partial charge >= 0.3 is 5.97 Å². The van der Waals surface area contributed by atoms with E-state index in [-0.39, 0.29) is 0 Å². The van der Waals surface area contributed by atoms with Gasteiger partial charge in [0.2, 0.25) is 0 Å². The van der Waals surface area contributed by atoms with E-state index >= 15 is 0 Å². The zero-order chi connectivity index (χ0) is 13.2. The maximum absolute atomic E-state index is 10.9. The third-order valence-corrected chi connectivity index (χ3v) is 3.58. The number of carbonyl (C=O) groups is 1. The fourth-order valence-electron chi connectivity index (χ4n) is 2.44. The first kappa shape index (κ1) is 15.2. The van der Waals surface area contributed by atoms with E-state index in [2.05, 4.69) is 11.8 Å². The maximum Gasteiger partial charge on any atom is 0.332 e. The Morgan fingerprint density at radius 3 is 2.56 bits per heavy atom. The van der Waals surface area contributed by atoms with Gasteiger partial charge < -0.3 is 5.11 Å². The Kier molecular flexibility index (Phi) is 7.74. The van der Waals surface area contributed by atoms with Crippen molar-refractivity contribution in [2.24, 2.45) is 0 Å². The SMILES string of the molecule is CCCCCCCCCN1CCC=C(C(=O)O)C1. The molecule has 18 heavy (non-hydrogen) atoms. The summed E-state index contributed by atoms with van der Waals surface area (Å²) in [6, 6.07) is 0. The van der Waals surface area contributed by atoms with E-state index in [4.69, 9.17) is 5.11 Å². The predicted molar refractivity (Wildman–Crippen MR) is 74.8 cm³/mol. The second-order valence-corrected chi connectivity index (χ2v) is 5.22. The van der Waals surface area contributed by atoms with Crippen LogP contribution in [0.3, 0.4) is 0 Å². The fraction of sp³-hybridized carbons (Fsp3) is 0.800. The van der Waals surface area contributed by atoms with Crippen molar-refractivity contribution in [2.75, 3.05) is 19.6 Å². The van der Waals surface area contributed by atoms with Crippen LogP contribution in [0.1, 0.15) is 58.3 Å². The topological polar surface area (TPSA) is 40.5 Å². The molecule has 1 heterocycles. The molecule has 0 fully saturated rings. The third-order valence-electron chi connectivity index (χ3n) is 3.58. The Morgan fingerprint density at radius 1 is 1.22 bits per heavy atom. The van der Waals surface area contributed by atoms with Crippen LogP contribution in [0.4, 0.5) is 0 Å².